The molecule has 0 heterocycles. The molecule has 0 fully saturated rings. The predicted octanol–water partition coefficient (Wildman–Crippen LogP) is 2.97. The number of hydrogen-bond donors (Lipinski definition) is 1. The van der Waals surface area contributed by atoms with E-state index in [-0.39, 0.29) is 31.3 Å². The molecule has 0 aliphatic rings. The van der Waals surface area contributed by atoms with Gasteiger partial charge >= 0.3 is 0 Å². The van der Waals surface area contributed by atoms with Crippen molar-refractivity contribution in [3.05, 3.63) is 54.3 Å². The number of ether oxygens (including phenoxy) is 2. The van der Waals surface area contributed by atoms with E-state index in [1.165, 1.54) is 28.6 Å². The maximum atomic E-state index is 12.8. The molecular formula is C21H27FN2O5S. The average Bonchev–Trinajstić information content (AvgIpc) is 2.70. The molecule has 0 aromatic heterocycles. The van der Waals surface area contributed by atoms with Crippen LogP contribution in [0.5, 0.6) is 11.5 Å². The highest BCUT2D eigenvalue weighted by Crippen LogP contribution is 2.30. The molecule has 0 radical (unpaired) electrons. The minimum atomic E-state index is -3.54. The van der Waals surface area contributed by atoms with E-state index >= 15 is 0 Å². The van der Waals surface area contributed by atoms with Gasteiger partial charge < -0.3 is 14.8 Å². The van der Waals surface area contributed by atoms with Gasteiger partial charge in [0.2, 0.25) is 15.9 Å². The third kappa shape index (κ3) is 7.55. The second-order valence-electron chi connectivity index (χ2n) is 6.49. The van der Waals surface area contributed by atoms with Crippen molar-refractivity contribution >= 4 is 21.6 Å². The van der Waals surface area contributed by atoms with E-state index in [1.54, 1.807) is 24.3 Å². The van der Waals surface area contributed by atoms with Gasteiger partial charge in [-0.1, -0.05) is 12.1 Å². The SMILES string of the molecule is CCOc1ccccc1N(CCCC(=O)NCCOc1ccc(F)cc1)S(C)(=O)=O. The Kier molecular flexibility index (Phi) is 8.91. The fraction of sp³-hybridized carbons (Fsp3) is 0.381. The quantitative estimate of drug-likeness (QED) is 0.515. The van der Waals surface area contributed by atoms with Crippen molar-refractivity contribution in [2.45, 2.75) is 19.8 Å². The first-order valence-electron chi connectivity index (χ1n) is 9.66. The van der Waals surface area contributed by atoms with E-state index in [9.17, 15) is 17.6 Å². The van der Waals surface area contributed by atoms with Crippen LogP contribution in [0.25, 0.3) is 0 Å². The Morgan fingerprint density at radius 2 is 1.80 bits per heavy atom. The van der Waals surface area contributed by atoms with Crippen LogP contribution in [0.4, 0.5) is 10.1 Å². The summed E-state index contributed by atoms with van der Waals surface area (Å²) in [7, 11) is -3.54. The van der Waals surface area contributed by atoms with E-state index in [2.05, 4.69) is 5.32 Å². The van der Waals surface area contributed by atoms with Crippen LogP contribution in [0.1, 0.15) is 19.8 Å². The molecule has 9 heteroatoms. The molecule has 0 aliphatic carbocycles. The minimum absolute atomic E-state index is 0.155. The van der Waals surface area contributed by atoms with Gasteiger partial charge in [0.15, 0.2) is 0 Å². The van der Waals surface area contributed by atoms with Crippen LogP contribution in [-0.4, -0.2) is 46.9 Å². The molecular weight excluding hydrogens is 411 g/mol. The zero-order valence-corrected chi connectivity index (χ0v) is 18.0. The van der Waals surface area contributed by atoms with E-state index in [0.29, 0.717) is 36.8 Å². The summed E-state index contributed by atoms with van der Waals surface area (Å²) in [5.74, 6) is 0.446. The topological polar surface area (TPSA) is 84.9 Å². The monoisotopic (exact) mass is 438 g/mol. The summed E-state index contributed by atoms with van der Waals surface area (Å²) in [6.45, 7) is 2.93. The third-order valence-electron chi connectivity index (χ3n) is 4.11. The van der Waals surface area contributed by atoms with Crippen LogP contribution < -0.4 is 19.1 Å². The molecule has 1 amide bonds. The van der Waals surface area contributed by atoms with Gasteiger partial charge in [-0.2, -0.15) is 0 Å². The Labute approximate surface area is 176 Å². The number of carbonyl (C=O) groups excluding carboxylic acids is 1. The molecule has 0 bridgehead atoms. The molecule has 0 aliphatic heterocycles. The summed E-state index contributed by atoms with van der Waals surface area (Å²) < 4.78 is 49.6. The van der Waals surface area contributed by atoms with Gasteiger partial charge in [0.05, 0.1) is 25.1 Å². The van der Waals surface area contributed by atoms with Crippen LogP contribution in [0.2, 0.25) is 0 Å². The van der Waals surface area contributed by atoms with Crippen molar-refractivity contribution in [2.75, 3.05) is 36.9 Å². The van der Waals surface area contributed by atoms with Gasteiger partial charge in [0.1, 0.15) is 23.9 Å². The fourth-order valence-electron chi connectivity index (χ4n) is 2.77. The number of amides is 1. The van der Waals surface area contributed by atoms with Gasteiger partial charge in [0.25, 0.3) is 0 Å². The van der Waals surface area contributed by atoms with Crippen LogP contribution in [0, 0.1) is 5.82 Å². The number of para-hydroxylation sites is 2. The lowest BCUT2D eigenvalue weighted by atomic mass is 10.2. The summed E-state index contributed by atoms with van der Waals surface area (Å²) in [6, 6.07) is 12.5. The summed E-state index contributed by atoms with van der Waals surface area (Å²) >= 11 is 0. The Hall–Kier alpha value is -2.81. The molecule has 0 atom stereocenters. The molecule has 0 unspecified atom stereocenters. The summed E-state index contributed by atoms with van der Waals surface area (Å²) in [5.41, 5.74) is 0.454. The first-order valence-corrected chi connectivity index (χ1v) is 11.5. The van der Waals surface area contributed by atoms with Gasteiger partial charge in [-0.15, -0.1) is 0 Å². The summed E-state index contributed by atoms with van der Waals surface area (Å²) in [6.07, 6.45) is 1.64. The smallest absolute Gasteiger partial charge is 0.232 e. The number of anilines is 1. The highest BCUT2D eigenvalue weighted by Gasteiger charge is 2.21. The first-order chi connectivity index (χ1) is 14.3. The van der Waals surface area contributed by atoms with E-state index < -0.39 is 10.0 Å². The number of benzene rings is 2. The normalized spacial score (nSPS) is 11.0. The summed E-state index contributed by atoms with van der Waals surface area (Å²) in [5, 5.41) is 2.72. The van der Waals surface area contributed by atoms with Gasteiger partial charge in [-0.3, -0.25) is 9.10 Å². The lowest BCUT2D eigenvalue weighted by molar-refractivity contribution is -0.121. The molecule has 30 heavy (non-hydrogen) atoms. The van der Waals surface area contributed by atoms with Crippen molar-refractivity contribution < 1.29 is 27.1 Å². The first kappa shape index (κ1) is 23.5. The second-order valence-corrected chi connectivity index (χ2v) is 8.40. The van der Waals surface area contributed by atoms with Crippen molar-refractivity contribution in [3.8, 4) is 11.5 Å². The number of carbonyl (C=O) groups is 1. The lowest BCUT2D eigenvalue weighted by Gasteiger charge is -2.24. The van der Waals surface area contributed by atoms with Crippen molar-refractivity contribution in [2.24, 2.45) is 0 Å². The molecule has 2 aromatic rings. The van der Waals surface area contributed by atoms with Crippen molar-refractivity contribution in [1.82, 2.24) is 5.32 Å². The van der Waals surface area contributed by atoms with Crippen LogP contribution in [-0.2, 0) is 14.8 Å². The van der Waals surface area contributed by atoms with Crippen LogP contribution >= 0.6 is 0 Å². The number of rotatable bonds is 12. The average molecular weight is 439 g/mol. The number of halogens is 1. The van der Waals surface area contributed by atoms with E-state index in [4.69, 9.17) is 9.47 Å². The Morgan fingerprint density at radius 1 is 1.10 bits per heavy atom. The lowest BCUT2D eigenvalue weighted by Crippen LogP contribution is -2.33. The third-order valence-corrected chi connectivity index (χ3v) is 5.29. The second kappa shape index (κ2) is 11.4. The molecule has 164 valence electrons. The number of nitrogens with zero attached hydrogens (tertiary/aromatic N) is 1. The molecule has 0 spiro atoms. The highest BCUT2D eigenvalue weighted by molar-refractivity contribution is 7.92. The fourth-order valence-corrected chi connectivity index (χ4v) is 3.74. The zero-order chi connectivity index (χ0) is 22.0. The van der Waals surface area contributed by atoms with Crippen LogP contribution in [0.15, 0.2) is 48.5 Å². The van der Waals surface area contributed by atoms with Crippen molar-refractivity contribution in [3.63, 3.8) is 0 Å². The number of sulfonamides is 1. The van der Waals surface area contributed by atoms with Crippen molar-refractivity contribution in [1.29, 1.82) is 0 Å². The molecule has 0 saturated heterocycles. The molecule has 2 aromatic carbocycles. The summed E-state index contributed by atoms with van der Waals surface area (Å²) in [4.78, 5) is 12.0. The maximum Gasteiger partial charge on any atom is 0.232 e. The van der Waals surface area contributed by atoms with E-state index in [1.807, 2.05) is 6.92 Å². The Bertz CT molecular complexity index is 919. The molecule has 2 rings (SSSR count). The Balaban J connectivity index is 1.81. The Morgan fingerprint density at radius 3 is 2.47 bits per heavy atom. The number of nitrogens with one attached hydrogen (secondary N) is 1. The molecule has 0 saturated carbocycles. The van der Waals surface area contributed by atoms with Gasteiger partial charge in [0, 0.05) is 13.0 Å². The molecule has 1 N–H and O–H groups in total. The largest absolute Gasteiger partial charge is 0.492 e. The van der Waals surface area contributed by atoms with Gasteiger partial charge in [-0.05, 0) is 49.7 Å². The zero-order valence-electron chi connectivity index (χ0n) is 17.1. The van der Waals surface area contributed by atoms with Gasteiger partial charge in [-0.25, -0.2) is 12.8 Å². The predicted molar refractivity (Wildman–Crippen MR) is 114 cm³/mol. The highest BCUT2D eigenvalue weighted by atomic mass is 32.2. The standard InChI is InChI=1S/C21H27FN2O5S/c1-3-28-20-8-5-4-7-19(20)24(30(2,26)27)15-6-9-21(25)23-14-16-29-18-12-10-17(22)11-13-18/h4-5,7-8,10-13H,3,6,9,14-16H2,1-2H3,(H,23,25). The maximum absolute atomic E-state index is 12.8. The number of hydrogen-bond acceptors (Lipinski definition) is 5. The molecule has 7 nitrogen and oxygen atoms in total. The van der Waals surface area contributed by atoms with Crippen LogP contribution in [0.3, 0.4) is 0 Å². The minimum Gasteiger partial charge on any atom is -0.492 e. The van der Waals surface area contributed by atoms with E-state index in [0.717, 1.165) is 6.26 Å².